The van der Waals surface area contributed by atoms with E-state index in [9.17, 15) is 5.11 Å². The summed E-state index contributed by atoms with van der Waals surface area (Å²) in [5.41, 5.74) is 0.193. The molecule has 3 atom stereocenters. The lowest BCUT2D eigenvalue weighted by Crippen LogP contribution is -2.56. The van der Waals surface area contributed by atoms with Crippen LogP contribution in [-0.2, 0) is 0 Å². The van der Waals surface area contributed by atoms with Crippen LogP contribution in [0.3, 0.4) is 0 Å². The molecular formula is C14H25NO. The zero-order chi connectivity index (χ0) is 11.4. The highest BCUT2D eigenvalue weighted by atomic mass is 16.3. The summed E-state index contributed by atoms with van der Waals surface area (Å²) in [6.07, 6.45) is 8.71. The average Bonchev–Trinajstić information content (AvgIpc) is 2.12. The predicted molar refractivity (Wildman–Crippen MR) is 65.2 cm³/mol. The quantitative estimate of drug-likeness (QED) is 0.769. The molecule has 2 N–H and O–H groups in total. The van der Waals surface area contributed by atoms with Crippen molar-refractivity contribution in [2.75, 3.05) is 7.05 Å². The van der Waals surface area contributed by atoms with Crippen molar-refractivity contribution in [3.8, 4) is 0 Å². The lowest BCUT2D eigenvalue weighted by molar-refractivity contribution is -0.167. The van der Waals surface area contributed by atoms with E-state index >= 15 is 0 Å². The minimum atomic E-state index is -0.280. The molecule has 0 saturated heterocycles. The summed E-state index contributed by atoms with van der Waals surface area (Å²) >= 11 is 0. The van der Waals surface area contributed by atoms with Gasteiger partial charge in [-0.3, -0.25) is 0 Å². The maximum absolute atomic E-state index is 10.6. The topological polar surface area (TPSA) is 32.3 Å². The number of nitrogens with one attached hydrogen (secondary N) is 1. The molecule has 0 aliphatic heterocycles. The summed E-state index contributed by atoms with van der Waals surface area (Å²) in [7, 11) is 2.06. The van der Waals surface area contributed by atoms with Crippen LogP contribution in [0.25, 0.3) is 0 Å². The first-order valence-electron chi connectivity index (χ1n) is 6.92. The molecule has 2 nitrogen and oxygen atoms in total. The van der Waals surface area contributed by atoms with Crippen molar-refractivity contribution in [2.45, 2.75) is 63.5 Å². The summed E-state index contributed by atoms with van der Waals surface area (Å²) in [5, 5.41) is 14.0. The summed E-state index contributed by atoms with van der Waals surface area (Å²) in [5.74, 6) is 1.66. The molecule has 2 heteroatoms. The van der Waals surface area contributed by atoms with E-state index in [4.69, 9.17) is 0 Å². The van der Waals surface area contributed by atoms with Crippen molar-refractivity contribution in [3.63, 3.8) is 0 Å². The van der Waals surface area contributed by atoms with Crippen LogP contribution in [0.5, 0.6) is 0 Å². The third kappa shape index (κ3) is 1.70. The second-order valence-corrected chi connectivity index (χ2v) is 7.08. The van der Waals surface area contributed by atoms with E-state index in [1.165, 1.54) is 25.7 Å². The first kappa shape index (κ1) is 11.0. The number of aliphatic hydroxyl groups is 1. The molecule has 4 bridgehead atoms. The smallest absolute Gasteiger partial charge is 0.0658 e. The molecular weight excluding hydrogens is 198 g/mol. The molecule has 4 rings (SSSR count). The largest absolute Gasteiger partial charge is 0.390 e. The van der Waals surface area contributed by atoms with E-state index in [1.807, 2.05) is 0 Å². The van der Waals surface area contributed by atoms with Crippen LogP contribution in [0, 0.1) is 17.3 Å². The summed E-state index contributed by atoms with van der Waals surface area (Å²) in [6, 6.07) is 0.597. The molecule has 0 heterocycles. The normalized spacial score (nSPS) is 51.9. The lowest BCUT2D eigenvalue weighted by atomic mass is 9.47. The van der Waals surface area contributed by atoms with Crippen LogP contribution < -0.4 is 5.32 Å². The Balaban J connectivity index is 1.81. The van der Waals surface area contributed by atoms with Gasteiger partial charge in [0.25, 0.3) is 0 Å². The van der Waals surface area contributed by atoms with Gasteiger partial charge in [-0.1, -0.05) is 0 Å². The molecule has 0 aromatic rings. The molecule has 4 aliphatic rings. The van der Waals surface area contributed by atoms with Gasteiger partial charge in [-0.05, 0) is 76.2 Å². The van der Waals surface area contributed by atoms with Crippen LogP contribution >= 0.6 is 0 Å². The zero-order valence-corrected chi connectivity index (χ0v) is 10.6. The molecule has 0 unspecified atom stereocenters. The average molecular weight is 223 g/mol. The van der Waals surface area contributed by atoms with Crippen molar-refractivity contribution in [1.82, 2.24) is 5.32 Å². The standard InChI is InChI=1S/C14H25NO/c1-10(15-2)4-13-5-11-3-12(6-13)8-14(16,7-11)9-13/h10-12,15-16H,3-9H2,1-2H3/t10-,11-,12-,13?,14?/m0/s1. The Bertz CT molecular complexity index is 274. The van der Waals surface area contributed by atoms with E-state index in [2.05, 4.69) is 19.3 Å². The number of hydrogen-bond acceptors (Lipinski definition) is 2. The minimum absolute atomic E-state index is 0.280. The summed E-state index contributed by atoms with van der Waals surface area (Å²) in [4.78, 5) is 0. The van der Waals surface area contributed by atoms with Gasteiger partial charge in [-0.15, -0.1) is 0 Å². The van der Waals surface area contributed by atoms with Crippen LogP contribution in [0.2, 0.25) is 0 Å². The third-order valence-corrected chi connectivity index (χ3v) is 5.38. The number of rotatable bonds is 3. The molecule has 0 radical (unpaired) electrons. The molecule has 4 aliphatic carbocycles. The van der Waals surface area contributed by atoms with Crippen molar-refractivity contribution < 1.29 is 5.11 Å². The maximum atomic E-state index is 10.6. The second-order valence-electron chi connectivity index (χ2n) is 7.08. The molecule has 0 amide bonds. The van der Waals surface area contributed by atoms with Gasteiger partial charge in [0.15, 0.2) is 0 Å². The molecule has 4 fully saturated rings. The van der Waals surface area contributed by atoms with Gasteiger partial charge in [0.2, 0.25) is 0 Å². The highest BCUT2D eigenvalue weighted by molar-refractivity contribution is 5.08. The summed E-state index contributed by atoms with van der Waals surface area (Å²) in [6.45, 7) is 2.28. The van der Waals surface area contributed by atoms with E-state index in [-0.39, 0.29) is 5.60 Å². The Morgan fingerprint density at radius 3 is 2.38 bits per heavy atom. The molecule has 0 aromatic carbocycles. The first-order valence-corrected chi connectivity index (χ1v) is 6.92. The van der Waals surface area contributed by atoms with Crippen LogP contribution in [0.4, 0.5) is 0 Å². The molecule has 4 saturated carbocycles. The Morgan fingerprint density at radius 2 is 1.88 bits per heavy atom. The Hall–Kier alpha value is -0.0800. The minimum Gasteiger partial charge on any atom is -0.390 e. The van der Waals surface area contributed by atoms with Crippen LogP contribution in [0.1, 0.15) is 51.9 Å². The van der Waals surface area contributed by atoms with Crippen LogP contribution in [0.15, 0.2) is 0 Å². The van der Waals surface area contributed by atoms with Crippen molar-refractivity contribution in [3.05, 3.63) is 0 Å². The van der Waals surface area contributed by atoms with E-state index in [0.717, 1.165) is 31.1 Å². The van der Waals surface area contributed by atoms with Gasteiger partial charge in [0.05, 0.1) is 5.60 Å². The Kier molecular flexibility index (Phi) is 2.38. The SMILES string of the molecule is CN[C@@H](C)CC12C[C@@H]3C[C@H](CC(O)(C3)C1)C2. The van der Waals surface area contributed by atoms with Crippen LogP contribution in [-0.4, -0.2) is 23.8 Å². The first-order chi connectivity index (χ1) is 7.53. The van der Waals surface area contributed by atoms with Gasteiger partial charge in [0, 0.05) is 6.04 Å². The highest BCUT2D eigenvalue weighted by Gasteiger charge is 2.56. The molecule has 92 valence electrons. The molecule has 16 heavy (non-hydrogen) atoms. The van der Waals surface area contributed by atoms with E-state index < -0.39 is 0 Å². The van der Waals surface area contributed by atoms with Gasteiger partial charge >= 0.3 is 0 Å². The van der Waals surface area contributed by atoms with E-state index in [0.29, 0.717) is 11.5 Å². The lowest BCUT2D eigenvalue weighted by Gasteiger charge is -2.61. The van der Waals surface area contributed by atoms with Gasteiger partial charge in [-0.2, -0.15) is 0 Å². The fraction of sp³-hybridized carbons (Fsp3) is 1.00. The number of hydrogen-bond donors (Lipinski definition) is 2. The maximum Gasteiger partial charge on any atom is 0.0658 e. The monoisotopic (exact) mass is 223 g/mol. The fourth-order valence-corrected chi connectivity index (χ4v) is 5.39. The highest BCUT2D eigenvalue weighted by Crippen LogP contribution is 2.63. The fourth-order valence-electron chi connectivity index (χ4n) is 5.39. The van der Waals surface area contributed by atoms with Gasteiger partial charge < -0.3 is 10.4 Å². The van der Waals surface area contributed by atoms with Crippen molar-refractivity contribution in [2.24, 2.45) is 17.3 Å². The van der Waals surface area contributed by atoms with Crippen molar-refractivity contribution >= 4 is 0 Å². The predicted octanol–water partition coefficient (Wildman–Crippen LogP) is 2.32. The second kappa shape index (κ2) is 3.46. The Morgan fingerprint density at radius 1 is 1.25 bits per heavy atom. The van der Waals surface area contributed by atoms with Gasteiger partial charge in [0.1, 0.15) is 0 Å². The molecule has 0 spiro atoms. The third-order valence-electron chi connectivity index (χ3n) is 5.38. The molecule has 0 aromatic heterocycles. The van der Waals surface area contributed by atoms with Gasteiger partial charge in [-0.25, -0.2) is 0 Å². The zero-order valence-electron chi connectivity index (χ0n) is 10.6. The van der Waals surface area contributed by atoms with E-state index in [1.54, 1.807) is 0 Å². The Labute approximate surface area is 98.8 Å². The summed E-state index contributed by atoms with van der Waals surface area (Å²) < 4.78 is 0. The van der Waals surface area contributed by atoms with Crippen molar-refractivity contribution in [1.29, 1.82) is 0 Å².